The van der Waals surface area contributed by atoms with Crippen LogP contribution in [0.1, 0.15) is 25.3 Å². The van der Waals surface area contributed by atoms with Crippen LogP contribution in [0.4, 0.5) is 17.2 Å². The van der Waals surface area contributed by atoms with Crippen LogP contribution in [0.3, 0.4) is 0 Å². The first kappa shape index (κ1) is 25.7. The van der Waals surface area contributed by atoms with Crippen molar-refractivity contribution in [2.24, 2.45) is 0 Å². The molecule has 4 rings (SSSR count). The molecular weight excluding hydrogens is 478 g/mol. The lowest BCUT2D eigenvalue weighted by molar-refractivity contribution is -0.121. The summed E-state index contributed by atoms with van der Waals surface area (Å²) >= 11 is 6.09. The molecule has 3 aromatic rings. The molecule has 0 aliphatic carbocycles. The maximum Gasteiger partial charge on any atom is 0.224 e. The molecule has 36 heavy (non-hydrogen) atoms. The highest BCUT2D eigenvalue weighted by atomic mass is 35.5. The molecule has 2 heterocycles. The maximum absolute atomic E-state index is 12.5. The number of rotatable bonds is 8. The number of amides is 2. The second-order valence-electron chi connectivity index (χ2n) is 8.90. The van der Waals surface area contributed by atoms with Gasteiger partial charge in [-0.05, 0) is 61.5 Å². The summed E-state index contributed by atoms with van der Waals surface area (Å²) in [6, 6.07) is 12.8. The Morgan fingerprint density at radius 1 is 0.972 bits per heavy atom. The number of carbonyl (C=O) groups is 2. The van der Waals surface area contributed by atoms with Crippen molar-refractivity contribution in [2.75, 3.05) is 55.4 Å². The second-order valence-corrected chi connectivity index (χ2v) is 9.30. The Kier molecular flexibility index (Phi) is 8.28. The Labute approximate surface area is 216 Å². The van der Waals surface area contributed by atoms with Gasteiger partial charge in [-0.2, -0.15) is 0 Å². The van der Waals surface area contributed by atoms with Crippen LogP contribution in [0.25, 0.3) is 10.9 Å². The van der Waals surface area contributed by atoms with E-state index in [-0.39, 0.29) is 24.7 Å². The number of methoxy groups -OCH3 is 1. The predicted octanol–water partition coefficient (Wildman–Crippen LogP) is 4.70. The number of hydrogen-bond acceptors (Lipinski definition) is 6. The fourth-order valence-corrected chi connectivity index (χ4v) is 4.59. The first-order valence-electron chi connectivity index (χ1n) is 12.2. The number of carbonyl (C=O) groups excluding carboxylic acids is 2. The average molecular weight is 510 g/mol. The minimum Gasteiger partial charge on any atom is -0.495 e. The van der Waals surface area contributed by atoms with E-state index in [9.17, 15) is 9.59 Å². The van der Waals surface area contributed by atoms with Crippen LogP contribution < -0.4 is 20.3 Å². The molecule has 0 radical (unpaired) electrons. The molecule has 2 amide bonds. The minimum absolute atomic E-state index is 0.0539. The lowest BCUT2D eigenvalue weighted by atomic mass is 10.1. The fraction of sp³-hybridized carbons (Fsp3) is 0.370. The smallest absolute Gasteiger partial charge is 0.224 e. The van der Waals surface area contributed by atoms with Gasteiger partial charge >= 0.3 is 0 Å². The molecule has 1 saturated heterocycles. The van der Waals surface area contributed by atoms with Gasteiger partial charge in [-0.25, -0.2) is 4.98 Å². The number of nitrogens with one attached hydrogen (secondary N) is 2. The summed E-state index contributed by atoms with van der Waals surface area (Å²) in [6.07, 6.45) is 0.117. The summed E-state index contributed by atoms with van der Waals surface area (Å²) in [5, 5.41) is 7.04. The molecule has 2 N–H and O–H groups in total. The molecule has 190 valence electrons. The van der Waals surface area contributed by atoms with Gasteiger partial charge in [0.1, 0.15) is 11.6 Å². The zero-order valence-corrected chi connectivity index (χ0v) is 21.7. The van der Waals surface area contributed by atoms with Crippen molar-refractivity contribution in [3.05, 3.63) is 53.1 Å². The van der Waals surface area contributed by atoms with E-state index in [1.54, 1.807) is 18.2 Å². The van der Waals surface area contributed by atoms with Gasteiger partial charge in [0, 0.05) is 55.8 Å². The van der Waals surface area contributed by atoms with E-state index in [1.165, 1.54) is 7.11 Å². The molecule has 0 spiro atoms. The lowest BCUT2D eigenvalue weighted by Gasteiger charge is -2.35. The second kappa shape index (κ2) is 11.6. The zero-order chi connectivity index (χ0) is 25.7. The fourth-order valence-electron chi connectivity index (χ4n) is 4.33. The summed E-state index contributed by atoms with van der Waals surface area (Å²) < 4.78 is 5.11. The number of aryl methyl sites for hydroxylation is 1. The normalized spacial score (nSPS) is 14.1. The van der Waals surface area contributed by atoms with Crippen molar-refractivity contribution in [1.29, 1.82) is 0 Å². The summed E-state index contributed by atoms with van der Waals surface area (Å²) in [5.41, 5.74) is 3.25. The van der Waals surface area contributed by atoms with Crippen molar-refractivity contribution >= 4 is 51.5 Å². The van der Waals surface area contributed by atoms with Crippen molar-refractivity contribution in [3.63, 3.8) is 0 Å². The van der Waals surface area contributed by atoms with Crippen LogP contribution >= 0.6 is 11.6 Å². The summed E-state index contributed by atoms with van der Waals surface area (Å²) in [5.74, 6) is 1.03. The maximum atomic E-state index is 12.5. The Morgan fingerprint density at radius 3 is 2.22 bits per heavy atom. The molecule has 2 aromatic carbocycles. The summed E-state index contributed by atoms with van der Waals surface area (Å²) in [4.78, 5) is 34.4. The number of nitrogens with zero attached hydrogens (tertiary/aromatic N) is 3. The number of benzene rings is 2. The number of pyridine rings is 1. The summed E-state index contributed by atoms with van der Waals surface area (Å²) in [6.45, 7) is 9.38. The van der Waals surface area contributed by atoms with E-state index < -0.39 is 0 Å². The van der Waals surface area contributed by atoms with E-state index in [1.807, 2.05) is 18.2 Å². The monoisotopic (exact) mass is 509 g/mol. The van der Waals surface area contributed by atoms with Crippen molar-refractivity contribution in [2.45, 2.75) is 26.7 Å². The molecule has 0 saturated carbocycles. The van der Waals surface area contributed by atoms with Crippen LogP contribution in [-0.2, 0) is 9.59 Å². The Balaban J connectivity index is 1.33. The Hall–Kier alpha value is -3.36. The van der Waals surface area contributed by atoms with Gasteiger partial charge in [-0.1, -0.05) is 18.5 Å². The SMILES string of the molecule is CCN1CCN(c2cc(C)c3cc(NC(=O)CCC(=O)Nc4ccc(OC)c(Cl)c4)ccc3n2)CC1. The number of piperazine rings is 1. The standard InChI is InChI=1S/C27H32ClN5O3/c1-4-32-11-13-33(14-12-32)25-15-18(2)21-16-19(5-7-23(21)31-25)29-26(34)9-10-27(35)30-20-6-8-24(36-3)22(28)17-20/h5-8,15-17H,4,9-14H2,1-3H3,(H,29,34)(H,30,35). The quantitative estimate of drug-likeness (QED) is 0.457. The van der Waals surface area contributed by atoms with Gasteiger partial charge in [0.2, 0.25) is 11.8 Å². The van der Waals surface area contributed by atoms with E-state index in [4.69, 9.17) is 21.3 Å². The minimum atomic E-state index is -0.266. The molecule has 1 aromatic heterocycles. The molecule has 1 aliphatic heterocycles. The van der Waals surface area contributed by atoms with E-state index in [0.29, 0.717) is 22.1 Å². The first-order valence-corrected chi connectivity index (χ1v) is 12.6. The number of halogens is 1. The Bertz CT molecular complexity index is 1260. The van der Waals surface area contributed by atoms with Crippen LogP contribution in [0.2, 0.25) is 5.02 Å². The highest BCUT2D eigenvalue weighted by Crippen LogP contribution is 2.28. The third-order valence-electron chi connectivity index (χ3n) is 6.44. The van der Waals surface area contributed by atoms with E-state index in [2.05, 4.69) is 40.3 Å². The van der Waals surface area contributed by atoms with Gasteiger partial charge in [0.05, 0.1) is 17.6 Å². The number of hydrogen-bond donors (Lipinski definition) is 2. The van der Waals surface area contributed by atoms with Gasteiger partial charge in [-0.3, -0.25) is 9.59 Å². The third kappa shape index (κ3) is 6.25. The lowest BCUT2D eigenvalue weighted by Crippen LogP contribution is -2.46. The van der Waals surface area contributed by atoms with E-state index >= 15 is 0 Å². The molecule has 8 nitrogen and oxygen atoms in total. The molecule has 0 atom stereocenters. The molecule has 9 heteroatoms. The van der Waals surface area contributed by atoms with Crippen molar-refractivity contribution in [1.82, 2.24) is 9.88 Å². The van der Waals surface area contributed by atoms with Crippen LogP contribution in [-0.4, -0.2) is 61.5 Å². The number of fused-ring (bicyclic) bond motifs is 1. The molecule has 0 bridgehead atoms. The summed E-state index contributed by atoms with van der Waals surface area (Å²) in [7, 11) is 1.53. The van der Waals surface area contributed by atoms with Crippen molar-refractivity contribution in [3.8, 4) is 5.75 Å². The number of likely N-dealkylation sites (N-methyl/N-ethyl adjacent to an activating group) is 1. The number of aromatic nitrogens is 1. The highest BCUT2D eigenvalue weighted by Gasteiger charge is 2.18. The van der Waals surface area contributed by atoms with Crippen molar-refractivity contribution < 1.29 is 14.3 Å². The molecule has 0 unspecified atom stereocenters. The van der Waals surface area contributed by atoms with Gasteiger partial charge in [0.15, 0.2) is 0 Å². The topological polar surface area (TPSA) is 86.8 Å². The van der Waals surface area contributed by atoms with Crippen LogP contribution in [0, 0.1) is 6.92 Å². The number of anilines is 3. The average Bonchev–Trinajstić information content (AvgIpc) is 2.88. The molecular formula is C27H32ClN5O3. The first-order chi connectivity index (χ1) is 17.4. The van der Waals surface area contributed by atoms with Crippen LogP contribution in [0.15, 0.2) is 42.5 Å². The van der Waals surface area contributed by atoms with Gasteiger partial charge < -0.3 is 25.2 Å². The van der Waals surface area contributed by atoms with Gasteiger partial charge in [-0.15, -0.1) is 0 Å². The third-order valence-corrected chi connectivity index (χ3v) is 6.74. The van der Waals surface area contributed by atoms with Gasteiger partial charge in [0.25, 0.3) is 0 Å². The highest BCUT2D eigenvalue weighted by molar-refractivity contribution is 6.32. The Morgan fingerprint density at radius 2 is 1.61 bits per heavy atom. The van der Waals surface area contributed by atoms with E-state index in [0.717, 1.165) is 55.0 Å². The number of ether oxygens (including phenoxy) is 1. The largest absolute Gasteiger partial charge is 0.495 e. The molecule has 1 aliphatic rings. The predicted molar refractivity (Wildman–Crippen MR) is 145 cm³/mol. The van der Waals surface area contributed by atoms with Crippen LogP contribution in [0.5, 0.6) is 5.75 Å². The molecule has 1 fully saturated rings. The zero-order valence-electron chi connectivity index (χ0n) is 20.9.